The van der Waals surface area contributed by atoms with Gasteiger partial charge in [-0.25, -0.2) is 0 Å². The van der Waals surface area contributed by atoms with Crippen molar-refractivity contribution in [3.63, 3.8) is 0 Å². The minimum Gasteiger partial charge on any atom is -0.359 e. The molecule has 1 unspecified atom stereocenters. The molecular formula is C12H24N2S. The quantitative estimate of drug-likeness (QED) is 0.798. The largest absolute Gasteiger partial charge is 0.359 e. The Labute approximate surface area is 98.3 Å². The molecule has 0 radical (unpaired) electrons. The van der Waals surface area contributed by atoms with Crippen LogP contribution in [0.4, 0.5) is 0 Å². The van der Waals surface area contributed by atoms with Crippen LogP contribution in [0.2, 0.25) is 0 Å². The molecule has 0 amide bonds. The first-order valence-electron chi connectivity index (χ1n) is 5.86. The molecule has 0 aromatic carbocycles. The van der Waals surface area contributed by atoms with Crippen LogP contribution in [0.15, 0.2) is 4.99 Å². The van der Waals surface area contributed by atoms with Crippen LogP contribution in [0.3, 0.4) is 0 Å². The van der Waals surface area contributed by atoms with E-state index in [9.17, 15) is 0 Å². The van der Waals surface area contributed by atoms with Gasteiger partial charge in [0.25, 0.3) is 0 Å². The molecule has 0 aromatic rings. The molecule has 1 N–H and O–H groups in total. The van der Waals surface area contributed by atoms with Gasteiger partial charge in [0.15, 0.2) is 5.17 Å². The van der Waals surface area contributed by atoms with Gasteiger partial charge in [0.1, 0.15) is 0 Å². The number of thioether (sulfide) groups is 1. The van der Waals surface area contributed by atoms with Gasteiger partial charge >= 0.3 is 0 Å². The summed E-state index contributed by atoms with van der Waals surface area (Å²) in [5.74, 6) is 1.15. The van der Waals surface area contributed by atoms with Crippen molar-refractivity contribution < 1.29 is 0 Å². The number of hydrogen-bond donors (Lipinski definition) is 1. The van der Waals surface area contributed by atoms with E-state index in [0.29, 0.717) is 5.41 Å². The first-order chi connectivity index (χ1) is 6.91. The monoisotopic (exact) mass is 228 g/mol. The number of nitrogens with zero attached hydrogens (tertiary/aromatic N) is 1. The third kappa shape index (κ3) is 3.71. The minimum atomic E-state index is 0.264. The molecule has 0 saturated carbocycles. The molecule has 1 saturated heterocycles. The Bertz CT molecular complexity index is 248. The van der Waals surface area contributed by atoms with Crippen molar-refractivity contribution in [3.05, 3.63) is 0 Å². The highest BCUT2D eigenvalue weighted by Crippen LogP contribution is 2.27. The van der Waals surface area contributed by atoms with Gasteiger partial charge in [0.05, 0.1) is 0 Å². The molecule has 1 rings (SSSR count). The van der Waals surface area contributed by atoms with Gasteiger partial charge in [-0.05, 0) is 25.2 Å². The summed E-state index contributed by atoms with van der Waals surface area (Å²) in [4.78, 5) is 4.68. The maximum absolute atomic E-state index is 4.68. The highest BCUT2D eigenvalue weighted by atomic mass is 32.2. The molecule has 1 heterocycles. The third-order valence-electron chi connectivity index (χ3n) is 3.32. The van der Waals surface area contributed by atoms with E-state index in [1.807, 2.05) is 11.8 Å². The van der Waals surface area contributed by atoms with Gasteiger partial charge < -0.3 is 5.32 Å². The summed E-state index contributed by atoms with van der Waals surface area (Å²) in [6.45, 7) is 12.2. The zero-order valence-electron chi connectivity index (χ0n) is 10.7. The van der Waals surface area contributed by atoms with Crippen molar-refractivity contribution in [1.29, 1.82) is 0 Å². The van der Waals surface area contributed by atoms with Crippen LogP contribution in [0.1, 0.15) is 47.5 Å². The predicted octanol–water partition coefficient (Wildman–Crippen LogP) is 3.28. The van der Waals surface area contributed by atoms with E-state index >= 15 is 0 Å². The van der Waals surface area contributed by atoms with E-state index in [0.717, 1.165) is 23.9 Å². The predicted molar refractivity (Wildman–Crippen MR) is 70.7 cm³/mol. The van der Waals surface area contributed by atoms with Crippen molar-refractivity contribution in [3.8, 4) is 0 Å². The fourth-order valence-corrected chi connectivity index (χ4v) is 2.44. The number of hydrogen-bond acceptors (Lipinski definition) is 2. The number of rotatable bonds is 4. The molecule has 1 fully saturated rings. The Morgan fingerprint density at radius 1 is 1.47 bits per heavy atom. The van der Waals surface area contributed by atoms with Crippen molar-refractivity contribution in [1.82, 2.24) is 5.32 Å². The molecule has 88 valence electrons. The normalized spacial score (nSPS) is 29.5. The van der Waals surface area contributed by atoms with E-state index < -0.39 is 0 Å². The molecule has 2 nitrogen and oxygen atoms in total. The lowest BCUT2D eigenvalue weighted by atomic mass is 9.91. The highest BCUT2D eigenvalue weighted by molar-refractivity contribution is 8.14. The fraction of sp³-hybridized carbons (Fsp3) is 0.917. The lowest BCUT2D eigenvalue weighted by Crippen LogP contribution is -2.39. The second-order valence-electron chi connectivity index (χ2n) is 5.47. The number of aliphatic imine (C=N–C) groups is 1. The summed E-state index contributed by atoms with van der Waals surface area (Å²) in [6.07, 6.45) is 2.34. The van der Waals surface area contributed by atoms with Gasteiger partial charge in [0.2, 0.25) is 0 Å². The van der Waals surface area contributed by atoms with E-state index in [2.05, 4.69) is 44.9 Å². The molecule has 1 aliphatic heterocycles. The van der Waals surface area contributed by atoms with E-state index in [1.54, 1.807) is 0 Å². The topological polar surface area (TPSA) is 24.4 Å². The Hall–Kier alpha value is -0.180. The van der Waals surface area contributed by atoms with Crippen molar-refractivity contribution in [2.75, 3.05) is 12.3 Å². The Morgan fingerprint density at radius 3 is 2.60 bits per heavy atom. The summed E-state index contributed by atoms with van der Waals surface area (Å²) in [6, 6.07) is 0. The van der Waals surface area contributed by atoms with Gasteiger partial charge in [-0.1, -0.05) is 39.5 Å². The van der Waals surface area contributed by atoms with Crippen molar-refractivity contribution in [2.45, 2.75) is 53.0 Å². The van der Waals surface area contributed by atoms with Crippen LogP contribution in [0.5, 0.6) is 0 Å². The molecule has 1 atom stereocenters. The smallest absolute Gasteiger partial charge is 0.157 e. The van der Waals surface area contributed by atoms with Gasteiger partial charge in [-0.3, -0.25) is 4.99 Å². The van der Waals surface area contributed by atoms with Crippen LogP contribution in [0.25, 0.3) is 0 Å². The van der Waals surface area contributed by atoms with Gasteiger partial charge in [-0.2, -0.15) is 0 Å². The molecule has 1 aliphatic rings. The summed E-state index contributed by atoms with van der Waals surface area (Å²) in [5.41, 5.74) is 0.598. The highest BCUT2D eigenvalue weighted by Gasteiger charge is 2.30. The van der Waals surface area contributed by atoms with Crippen LogP contribution >= 0.6 is 11.8 Å². The molecule has 0 spiro atoms. The first-order valence-corrected chi connectivity index (χ1v) is 6.85. The Kier molecular flexibility index (Phi) is 4.10. The maximum atomic E-state index is 4.68. The second-order valence-corrected chi connectivity index (χ2v) is 6.43. The summed E-state index contributed by atoms with van der Waals surface area (Å²) in [7, 11) is 0. The standard InChI is InChI=1S/C12H24N2S/c1-6-11(3,4)8-13-10-14-12(5,7-2)9-15-10/h6-9H2,1-5H3,(H,13,14). The van der Waals surface area contributed by atoms with Gasteiger partial charge in [-0.15, -0.1) is 0 Å². The number of amidine groups is 1. The van der Waals surface area contributed by atoms with Crippen LogP contribution in [-0.2, 0) is 0 Å². The average Bonchev–Trinajstić information content (AvgIpc) is 2.59. The Balaban J connectivity index is 2.50. The van der Waals surface area contributed by atoms with Crippen molar-refractivity contribution in [2.24, 2.45) is 10.4 Å². The zero-order valence-corrected chi connectivity index (χ0v) is 11.5. The van der Waals surface area contributed by atoms with Crippen LogP contribution in [0, 0.1) is 5.41 Å². The minimum absolute atomic E-state index is 0.264. The summed E-state index contributed by atoms with van der Waals surface area (Å²) >= 11 is 1.86. The average molecular weight is 228 g/mol. The van der Waals surface area contributed by atoms with Crippen molar-refractivity contribution >= 4 is 16.9 Å². The fourth-order valence-electron chi connectivity index (χ4n) is 1.23. The second kappa shape index (κ2) is 4.77. The molecule has 15 heavy (non-hydrogen) atoms. The molecule has 0 aliphatic carbocycles. The maximum Gasteiger partial charge on any atom is 0.157 e. The van der Waals surface area contributed by atoms with E-state index in [-0.39, 0.29) is 5.54 Å². The zero-order chi connectivity index (χ0) is 11.5. The van der Waals surface area contributed by atoms with Crippen LogP contribution < -0.4 is 5.32 Å². The van der Waals surface area contributed by atoms with Gasteiger partial charge in [0, 0.05) is 17.8 Å². The lowest BCUT2D eigenvalue weighted by molar-refractivity contribution is 0.365. The third-order valence-corrected chi connectivity index (χ3v) is 4.61. The first kappa shape index (κ1) is 12.9. The summed E-state index contributed by atoms with van der Waals surface area (Å²) < 4.78 is 0. The number of nitrogens with one attached hydrogen (secondary N) is 1. The molecule has 3 heteroatoms. The Morgan fingerprint density at radius 2 is 2.13 bits per heavy atom. The van der Waals surface area contributed by atoms with Crippen LogP contribution in [-0.4, -0.2) is 23.0 Å². The molecule has 0 bridgehead atoms. The van der Waals surface area contributed by atoms with E-state index in [1.165, 1.54) is 6.42 Å². The SMILES string of the molecule is CCC(C)(C)CN=C1NC(C)(CC)CS1. The van der Waals surface area contributed by atoms with E-state index in [4.69, 9.17) is 0 Å². The molecule has 0 aromatic heterocycles. The summed E-state index contributed by atoms with van der Waals surface area (Å²) in [5, 5.41) is 4.67. The molecular weight excluding hydrogens is 204 g/mol. The lowest BCUT2D eigenvalue weighted by Gasteiger charge is -2.22.